The number of aromatic hydroxyl groups is 1. The molecule has 4 atom stereocenters. The standard InChI is InChI=1S/C31H42N4O7/c1-14-6-8-17(9-7-14)33-13-16-12-20(34(2)3)18-10-15-11-19-24(35(4)5)27(38)23(30(32)41)29(40)31(19,42)28(39)21(15)26(37)22(18)25(16)36/h12,14-15,17,19,24,33,36-37,40,42H,6-11,13H2,1-5H3,(H2,32,41)/t14?,15-,17?,19-,24?,31-/m0/s1. The van der Waals surface area contributed by atoms with E-state index in [4.69, 9.17) is 5.73 Å². The first-order valence-corrected chi connectivity index (χ1v) is 14.6. The van der Waals surface area contributed by atoms with Gasteiger partial charge in [-0.3, -0.25) is 19.3 Å². The summed E-state index contributed by atoms with van der Waals surface area (Å²) in [5, 5.41) is 49.5. The van der Waals surface area contributed by atoms with Gasteiger partial charge in [-0.05, 0) is 76.1 Å². The molecule has 1 aromatic rings. The molecule has 0 aliphatic heterocycles. The fourth-order valence-corrected chi connectivity index (χ4v) is 7.60. The van der Waals surface area contributed by atoms with Gasteiger partial charge in [-0.1, -0.05) is 6.92 Å². The van der Waals surface area contributed by atoms with Gasteiger partial charge in [0.15, 0.2) is 11.4 Å². The van der Waals surface area contributed by atoms with Crippen LogP contribution in [-0.2, 0) is 27.3 Å². The number of hydrogen-bond acceptors (Lipinski definition) is 10. The molecule has 0 saturated heterocycles. The van der Waals surface area contributed by atoms with E-state index in [-0.39, 0.29) is 29.7 Å². The maximum absolute atomic E-state index is 14.1. The molecule has 4 aliphatic carbocycles. The van der Waals surface area contributed by atoms with Crippen molar-refractivity contribution in [2.24, 2.45) is 23.5 Å². The Kier molecular flexibility index (Phi) is 7.66. The molecule has 0 aromatic heterocycles. The summed E-state index contributed by atoms with van der Waals surface area (Å²) in [6, 6.07) is 1.10. The molecule has 0 heterocycles. The monoisotopic (exact) mass is 582 g/mol. The summed E-state index contributed by atoms with van der Waals surface area (Å²) in [7, 11) is 6.89. The van der Waals surface area contributed by atoms with Crippen molar-refractivity contribution in [3.8, 4) is 5.75 Å². The van der Waals surface area contributed by atoms with Gasteiger partial charge in [0.05, 0.1) is 11.6 Å². The fraction of sp³-hybridized carbons (Fsp3) is 0.581. The van der Waals surface area contributed by atoms with Crippen LogP contribution in [0.2, 0.25) is 0 Å². The number of aliphatic hydroxyl groups excluding tert-OH is 2. The molecule has 0 spiro atoms. The predicted molar refractivity (Wildman–Crippen MR) is 157 cm³/mol. The molecule has 1 aromatic carbocycles. The number of amides is 1. The van der Waals surface area contributed by atoms with Gasteiger partial charge in [-0.2, -0.15) is 0 Å². The molecular weight excluding hydrogens is 540 g/mol. The van der Waals surface area contributed by atoms with Gasteiger partial charge in [-0.25, -0.2) is 0 Å². The van der Waals surface area contributed by atoms with Crippen molar-refractivity contribution < 1.29 is 34.8 Å². The van der Waals surface area contributed by atoms with E-state index in [0.29, 0.717) is 29.6 Å². The van der Waals surface area contributed by atoms with Crippen LogP contribution in [-0.4, -0.2) is 88.7 Å². The molecule has 7 N–H and O–H groups in total. The minimum atomic E-state index is -2.65. The quantitative estimate of drug-likeness (QED) is 0.271. The number of rotatable bonds is 6. The molecule has 1 amide bonds. The van der Waals surface area contributed by atoms with Gasteiger partial charge in [0.2, 0.25) is 5.78 Å². The van der Waals surface area contributed by atoms with E-state index in [9.17, 15) is 34.8 Å². The zero-order chi connectivity index (χ0) is 30.8. The van der Waals surface area contributed by atoms with Gasteiger partial charge < -0.3 is 36.4 Å². The molecule has 228 valence electrons. The summed E-state index contributed by atoms with van der Waals surface area (Å²) >= 11 is 0. The number of hydrogen-bond donors (Lipinski definition) is 6. The second-order valence-corrected chi connectivity index (χ2v) is 13.0. The molecule has 1 unspecified atom stereocenters. The number of benzene rings is 1. The van der Waals surface area contributed by atoms with Crippen LogP contribution in [0.4, 0.5) is 5.69 Å². The second kappa shape index (κ2) is 10.7. The summed E-state index contributed by atoms with van der Waals surface area (Å²) in [4.78, 5) is 43.0. The first-order valence-electron chi connectivity index (χ1n) is 14.6. The van der Waals surface area contributed by atoms with Crippen LogP contribution in [0.15, 0.2) is 23.0 Å². The SMILES string of the molecule is CC1CCC(NCc2cc(N(C)C)c3c(c2O)C(O)=C2C(=O)[C@]4(O)C(O)=C(C(N)=O)C(=O)C(N(C)C)[C@@H]4C[C@@H]2C3)CC1. The Balaban J connectivity index is 1.62. The average Bonchev–Trinajstić information content (AvgIpc) is 2.90. The largest absolute Gasteiger partial charge is 0.508 e. The van der Waals surface area contributed by atoms with E-state index >= 15 is 0 Å². The van der Waals surface area contributed by atoms with Gasteiger partial charge in [-0.15, -0.1) is 0 Å². The lowest BCUT2D eigenvalue weighted by Gasteiger charge is -2.50. The van der Waals surface area contributed by atoms with E-state index in [0.717, 1.165) is 31.4 Å². The summed E-state index contributed by atoms with van der Waals surface area (Å²) < 4.78 is 0. The number of anilines is 1. The number of aliphatic hydroxyl groups is 3. The Hall–Kier alpha value is -3.41. The maximum atomic E-state index is 14.1. The van der Waals surface area contributed by atoms with Crippen LogP contribution in [0.3, 0.4) is 0 Å². The Morgan fingerprint density at radius 2 is 1.74 bits per heavy atom. The van der Waals surface area contributed by atoms with Crippen molar-refractivity contribution in [2.75, 3.05) is 33.1 Å². The van der Waals surface area contributed by atoms with Crippen LogP contribution in [0.1, 0.15) is 55.7 Å². The lowest BCUT2D eigenvalue weighted by molar-refractivity contribution is -0.153. The van der Waals surface area contributed by atoms with Crippen molar-refractivity contribution in [1.29, 1.82) is 0 Å². The third-order valence-electron chi connectivity index (χ3n) is 9.86. The molecule has 11 heteroatoms. The van der Waals surface area contributed by atoms with Crippen LogP contribution < -0.4 is 16.0 Å². The van der Waals surface area contributed by atoms with Crippen molar-refractivity contribution in [3.05, 3.63) is 39.7 Å². The molecule has 0 radical (unpaired) electrons. The highest BCUT2D eigenvalue weighted by Gasteiger charge is 2.64. The topological polar surface area (TPSA) is 177 Å². The van der Waals surface area contributed by atoms with Gasteiger partial charge in [0.1, 0.15) is 22.8 Å². The number of likely N-dealkylation sites (N-methyl/N-ethyl adjacent to an activating group) is 1. The summed E-state index contributed by atoms with van der Waals surface area (Å²) in [5.74, 6) is -5.75. The number of carbonyl (C=O) groups is 3. The lowest BCUT2D eigenvalue weighted by Crippen LogP contribution is -2.65. The Morgan fingerprint density at radius 3 is 2.31 bits per heavy atom. The second-order valence-electron chi connectivity index (χ2n) is 13.0. The Morgan fingerprint density at radius 1 is 1.10 bits per heavy atom. The van der Waals surface area contributed by atoms with Crippen molar-refractivity contribution in [3.63, 3.8) is 0 Å². The predicted octanol–water partition coefficient (Wildman–Crippen LogP) is 1.70. The number of ketones is 2. The number of nitrogens with two attached hydrogens (primary N) is 1. The number of carbonyl (C=O) groups excluding carboxylic acids is 3. The number of nitrogens with zero attached hydrogens (tertiary/aromatic N) is 2. The smallest absolute Gasteiger partial charge is 0.255 e. The van der Waals surface area contributed by atoms with E-state index in [1.165, 1.54) is 4.90 Å². The summed E-state index contributed by atoms with van der Waals surface area (Å²) in [6.45, 7) is 2.61. The summed E-state index contributed by atoms with van der Waals surface area (Å²) in [6.07, 6.45) is 4.66. The third-order valence-corrected chi connectivity index (χ3v) is 9.86. The first-order chi connectivity index (χ1) is 19.7. The van der Waals surface area contributed by atoms with Gasteiger partial charge in [0, 0.05) is 49.4 Å². The van der Waals surface area contributed by atoms with E-state index in [1.807, 2.05) is 25.1 Å². The van der Waals surface area contributed by atoms with E-state index in [1.54, 1.807) is 14.1 Å². The maximum Gasteiger partial charge on any atom is 0.255 e. The highest BCUT2D eigenvalue weighted by Crippen LogP contribution is 2.54. The van der Waals surface area contributed by atoms with Crippen molar-refractivity contribution in [1.82, 2.24) is 10.2 Å². The molecule has 4 aliphatic rings. The zero-order valence-electron chi connectivity index (χ0n) is 24.9. The zero-order valence-corrected chi connectivity index (χ0v) is 24.9. The van der Waals surface area contributed by atoms with Crippen LogP contribution >= 0.6 is 0 Å². The highest BCUT2D eigenvalue weighted by atomic mass is 16.3. The Bertz CT molecular complexity index is 1410. The van der Waals surface area contributed by atoms with Crippen molar-refractivity contribution in [2.45, 2.75) is 69.7 Å². The molecular formula is C31H42N4O7. The van der Waals surface area contributed by atoms with Crippen LogP contribution in [0.5, 0.6) is 5.75 Å². The molecule has 2 saturated carbocycles. The van der Waals surface area contributed by atoms with Crippen molar-refractivity contribution >= 4 is 28.9 Å². The number of nitrogens with one attached hydrogen (secondary N) is 1. The number of fused-ring (bicyclic) bond motifs is 3. The number of primary amides is 1. The number of phenols is 1. The number of phenolic OH excluding ortho intramolecular Hbond substituents is 1. The minimum Gasteiger partial charge on any atom is -0.508 e. The van der Waals surface area contributed by atoms with Crippen LogP contribution in [0, 0.1) is 17.8 Å². The highest BCUT2D eigenvalue weighted by molar-refractivity contribution is 6.24. The molecule has 11 nitrogen and oxygen atoms in total. The first kappa shape index (κ1) is 30.1. The van der Waals surface area contributed by atoms with E-state index in [2.05, 4.69) is 12.2 Å². The lowest BCUT2D eigenvalue weighted by atomic mass is 9.57. The fourth-order valence-electron chi connectivity index (χ4n) is 7.60. The average molecular weight is 583 g/mol. The van der Waals surface area contributed by atoms with E-state index < -0.39 is 58.0 Å². The molecule has 0 bridgehead atoms. The Labute approximate surface area is 245 Å². The molecule has 5 rings (SSSR count). The van der Waals surface area contributed by atoms with Crippen LogP contribution in [0.25, 0.3) is 5.76 Å². The minimum absolute atomic E-state index is 0.0583. The van der Waals surface area contributed by atoms with Gasteiger partial charge >= 0.3 is 0 Å². The summed E-state index contributed by atoms with van der Waals surface area (Å²) in [5.41, 5.74) is 3.90. The normalized spacial score (nSPS) is 31.2. The van der Waals surface area contributed by atoms with Gasteiger partial charge in [0.25, 0.3) is 5.91 Å². The number of Topliss-reactive ketones (excluding diaryl/α,β-unsaturated/α-hetero) is 2. The molecule has 42 heavy (non-hydrogen) atoms. The third kappa shape index (κ3) is 4.49. The molecule has 2 fully saturated rings.